The van der Waals surface area contributed by atoms with Gasteiger partial charge in [0.25, 0.3) is 5.91 Å². The van der Waals surface area contributed by atoms with Crippen LogP contribution in [-0.2, 0) is 4.79 Å². The van der Waals surface area contributed by atoms with Gasteiger partial charge in [-0.15, -0.1) is 0 Å². The first-order valence-electron chi connectivity index (χ1n) is 6.10. The van der Waals surface area contributed by atoms with Crippen LogP contribution in [0.15, 0.2) is 24.3 Å². The average molecular weight is 253 g/mol. The molecule has 0 aliphatic rings. The molecule has 0 radical (unpaired) electrons. The minimum absolute atomic E-state index is 0.105. The van der Waals surface area contributed by atoms with Crippen molar-refractivity contribution in [1.29, 1.82) is 0 Å². The first-order valence-corrected chi connectivity index (χ1v) is 6.10. The summed E-state index contributed by atoms with van der Waals surface area (Å²) in [7, 11) is 0. The van der Waals surface area contributed by atoms with Gasteiger partial charge in [-0.05, 0) is 51.5 Å². The number of hydrogen-bond acceptors (Lipinski definition) is 2. The van der Waals surface area contributed by atoms with Crippen molar-refractivity contribution >= 4 is 5.91 Å². The Balaban J connectivity index is 2.68. The highest BCUT2D eigenvalue weighted by atomic mass is 19.1. The molecule has 18 heavy (non-hydrogen) atoms. The first-order chi connectivity index (χ1) is 8.35. The number of hydrogen-bond donors (Lipinski definition) is 1. The van der Waals surface area contributed by atoms with E-state index in [1.54, 1.807) is 13.8 Å². The summed E-state index contributed by atoms with van der Waals surface area (Å²) in [6.45, 7) is 7.31. The lowest BCUT2D eigenvalue weighted by Gasteiger charge is -2.27. The molecule has 100 valence electrons. The first kappa shape index (κ1) is 14.5. The predicted molar refractivity (Wildman–Crippen MR) is 69.0 cm³/mol. The van der Waals surface area contributed by atoms with Gasteiger partial charge in [0.1, 0.15) is 11.6 Å². The van der Waals surface area contributed by atoms with Crippen LogP contribution in [0, 0.1) is 5.82 Å². The number of ether oxygens (including phenoxy) is 1. The molecule has 1 unspecified atom stereocenters. The summed E-state index contributed by atoms with van der Waals surface area (Å²) in [5.41, 5.74) is -0.985. The molecule has 1 aromatic carbocycles. The third kappa shape index (κ3) is 4.02. The van der Waals surface area contributed by atoms with Gasteiger partial charge in [-0.2, -0.15) is 0 Å². The molecule has 0 fully saturated rings. The third-order valence-electron chi connectivity index (χ3n) is 2.72. The Morgan fingerprint density at radius 3 is 2.44 bits per heavy atom. The summed E-state index contributed by atoms with van der Waals surface area (Å²) in [6.07, 6.45) is 0.859. The lowest BCUT2D eigenvalue weighted by molar-refractivity contribution is -0.134. The molecule has 0 heterocycles. The van der Waals surface area contributed by atoms with Gasteiger partial charge < -0.3 is 10.1 Å². The van der Waals surface area contributed by atoms with E-state index in [2.05, 4.69) is 5.32 Å². The molecule has 0 aliphatic heterocycles. The van der Waals surface area contributed by atoms with Crippen molar-refractivity contribution in [2.24, 2.45) is 0 Å². The summed E-state index contributed by atoms with van der Waals surface area (Å²) in [6, 6.07) is 5.73. The number of benzene rings is 1. The Hall–Kier alpha value is -1.58. The van der Waals surface area contributed by atoms with E-state index in [0.29, 0.717) is 5.75 Å². The van der Waals surface area contributed by atoms with Crippen LogP contribution in [0.25, 0.3) is 0 Å². The fraction of sp³-hybridized carbons (Fsp3) is 0.500. The van der Waals surface area contributed by atoms with Gasteiger partial charge in [-0.3, -0.25) is 4.79 Å². The van der Waals surface area contributed by atoms with Crippen molar-refractivity contribution in [2.45, 2.75) is 45.8 Å². The fourth-order valence-electron chi connectivity index (χ4n) is 1.34. The summed E-state index contributed by atoms with van der Waals surface area (Å²) in [5.74, 6) is -0.0360. The molecule has 1 atom stereocenters. The zero-order chi connectivity index (χ0) is 13.8. The number of carbonyl (C=O) groups excluding carboxylic acids is 1. The fourth-order valence-corrected chi connectivity index (χ4v) is 1.34. The van der Waals surface area contributed by atoms with Gasteiger partial charge in [-0.1, -0.05) is 6.92 Å². The van der Waals surface area contributed by atoms with E-state index < -0.39 is 5.60 Å². The normalized spacial score (nSPS) is 12.9. The summed E-state index contributed by atoms with van der Waals surface area (Å²) in [4.78, 5) is 12.0. The minimum atomic E-state index is -0.985. The van der Waals surface area contributed by atoms with Crippen LogP contribution in [0.1, 0.15) is 34.1 Å². The summed E-state index contributed by atoms with van der Waals surface area (Å²) < 4.78 is 18.3. The van der Waals surface area contributed by atoms with Crippen molar-refractivity contribution in [3.63, 3.8) is 0 Å². The number of amides is 1. The van der Waals surface area contributed by atoms with E-state index in [-0.39, 0.29) is 17.8 Å². The Morgan fingerprint density at radius 2 is 1.94 bits per heavy atom. The quantitative estimate of drug-likeness (QED) is 0.876. The highest BCUT2D eigenvalue weighted by Crippen LogP contribution is 2.19. The Bertz CT molecular complexity index is 401. The topological polar surface area (TPSA) is 38.3 Å². The second-order valence-electron chi connectivity index (χ2n) is 4.85. The molecule has 0 aromatic heterocycles. The lowest BCUT2D eigenvalue weighted by Crippen LogP contribution is -2.49. The number of rotatable bonds is 5. The van der Waals surface area contributed by atoms with Crippen LogP contribution in [0.5, 0.6) is 5.75 Å². The molecule has 0 saturated heterocycles. The standard InChI is InChI=1S/C14H20FNO2/c1-5-10(2)16-13(17)14(3,4)18-12-8-6-11(15)7-9-12/h6-10H,5H2,1-4H3,(H,16,17). The highest BCUT2D eigenvalue weighted by Gasteiger charge is 2.30. The zero-order valence-corrected chi connectivity index (χ0v) is 11.3. The molecule has 1 N–H and O–H groups in total. The second-order valence-corrected chi connectivity index (χ2v) is 4.85. The zero-order valence-electron chi connectivity index (χ0n) is 11.3. The molecular formula is C14H20FNO2. The van der Waals surface area contributed by atoms with Crippen LogP contribution in [0.4, 0.5) is 4.39 Å². The Kier molecular flexibility index (Phi) is 4.70. The van der Waals surface area contributed by atoms with Crippen LogP contribution < -0.4 is 10.1 Å². The maximum absolute atomic E-state index is 12.8. The molecular weight excluding hydrogens is 233 g/mol. The lowest BCUT2D eigenvalue weighted by atomic mass is 10.1. The molecule has 0 bridgehead atoms. The van der Waals surface area contributed by atoms with Crippen LogP contribution >= 0.6 is 0 Å². The molecule has 0 saturated carbocycles. The van der Waals surface area contributed by atoms with Crippen LogP contribution in [0.3, 0.4) is 0 Å². The smallest absolute Gasteiger partial charge is 0.263 e. The van der Waals surface area contributed by atoms with E-state index in [1.807, 2.05) is 13.8 Å². The van der Waals surface area contributed by atoms with Crippen molar-refractivity contribution < 1.29 is 13.9 Å². The second kappa shape index (κ2) is 5.85. The van der Waals surface area contributed by atoms with Gasteiger partial charge in [-0.25, -0.2) is 4.39 Å². The molecule has 4 heteroatoms. The summed E-state index contributed by atoms with van der Waals surface area (Å²) in [5, 5.41) is 2.86. The van der Waals surface area contributed by atoms with Crippen molar-refractivity contribution in [3.05, 3.63) is 30.1 Å². The molecule has 0 spiro atoms. The molecule has 1 aromatic rings. The van der Waals surface area contributed by atoms with Crippen molar-refractivity contribution in [1.82, 2.24) is 5.32 Å². The number of nitrogens with one attached hydrogen (secondary N) is 1. The van der Waals surface area contributed by atoms with Gasteiger partial charge in [0.2, 0.25) is 0 Å². The number of halogens is 1. The van der Waals surface area contributed by atoms with Gasteiger partial charge in [0.05, 0.1) is 0 Å². The SMILES string of the molecule is CCC(C)NC(=O)C(C)(C)Oc1ccc(F)cc1. The number of carbonyl (C=O) groups is 1. The minimum Gasteiger partial charge on any atom is -0.478 e. The maximum atomic E-state index is 12.8. The van der Waals surface area contributed by atoms with E-state index in [4.69, 9.17) is 4.74 Å². The summed E-state index contributed by atoms with van der Waals surface area (Å²) >= 11 is 0. The monoisotopic (exact) mass is 253 g/mol. The van der Waals surface area contributed by atoms with Gasteiger partial charge >= 0.3 is 0 Å². The molecule has 1 rings (SSSR count). The van der Waals surface area contributed by atoms with Crippen molar-refractivity contribution in [2.75, 3.05) is 0 Å². The van der Waals surface area contributed by atoms with Gasteiger partial charge in [0.15, 0.2) is 5.60 Å². The Labute approximate surface area is 107 Å². The van der Waals surface area contributed by atoms with Crippen LogP contribution in [0.2, 0.25) is 0 Å². The van der Waals surface area contributed by atoms with Crippen LogP contribution in [-0.4, -0.2) is 17.6 Å². The third-order valence-corrected chi connectivity index (χ3v) is 2.72. The maximum Gasteiger partial charge on any atom is 0.263 e. The molecule has 3 nitrogen and oxygen atoms in total. The van der Waals surface area contributed by atoms with E-state index >= 15 is 0 Å². The van der Waals surface area contributed by atoms with E-state index in [9.17, 15) is 9.18 Å². The van der Waals surface area contributed by atoms with Gasteiger partial charge in [0, 0.05) is 6.04 Å². The van der Waals surface area contributed by atoms with E-state index in [0.717, 1.165) is 6.42 Å². The molecule has 0 aliphatic carbocycles. The Morgan fingerprint density at radius 1 is 1.39 bits per heavy atom. The molecule has 1 amide bonds. The average Bonchev–Trinajstić information content (AvgIpc) is 2.31. The largest absolute Gasteiger partial charge is 0.478 e. The van der Waals surface area contributed by atoms with E-state index in [1.165, 1.54) is 24.3 Å². The van der Waals surface area contributed by atoms with Crippen molar-refractivity contribution in [3.8, 4) is 5.75 Å². The highest BCUT2D eigenvalue weighted by molar-refractivity contribution is 5.84. The predicted octanol–water partition coefficient (Wildman–Crippen LogP) is 2.90.